The molecule has 22 heavy (non-hydrogen) atoms. The molecule has 0 aromatic carbocycles. The topological polar surface area (TPSA) is 46.5 Å². The molecular weight excluding hydrogens is 292 g/mol. The van der Waals surface area contributed by atoms with E-state index in [4.69, 9.17) is 9.53 Å². The molecule has 0 rings (SSSR count). The number of carboxylic acids is 1. The lowest BCUT2D eigenvalue weighted by atomic mass is 9.96. The number of rotatable bonds is 8. The maximum absolute atomic E-state index is 10.9. The molecule has 0 amide bonds. The normalized spacial score (nSPS) is 18.0. The third-order valence-electron chi connectivity index (χ3n) is 4.62. The largest absolute Gasteiger partial charge is 0.481 e. The molecule has 0 saturated heterocycles. The quantitative estimate of drug-likeness (QED) is 0.474. The predicted octanol–water partition coefficient (Wildman–Crippen LogP) is 5.48. The summed E-state index contributed by atoms with van der Waals surface area (Å²) in [6, 6.07) is 0. The van der Waals surface area contributed by atoms with E-state index < -0.39 is 14.3 Å². The van der Waals surface area contributed by atoms with Crippen LogP contribution in [0.4, 0.5) is 0 Å². The van der Waals surface area contributed by atoms with Crippen LogP contribution in [0.3, 0.4) is 0 Å². The van der Waals surface area contributed by atoms with Gasteiger partial charge in [0.15, 0.2) is 8.32 Å². The second-order valence-electron chi connectivity index (χ2n) is 8.36. The van der Waals surface area contributed by atoms with E-state index in [2.05, 4.69) is 53.8 Å². The van der Waals surface area contributed by atoms with Gasteiger partial charge in [-0.3, -0.25) is 4.79 Å². The molecule has 3 nitrogen and oxygen atoms in total. The SMILES string of the molecule is C/C(=C\[C@H](C)C[C@H](C)O[Si](C)(C)C(C)(C)C)C[C@H](C)C(=O)O. The first-order valence-corrected chi connectivity index (χ1v) is 11.2. The van der Waals surface area contributed by atoms with Gasteiger partial charge >= 0.3 is 5.97 Å². The van der Waals surface area contributed by atoms with Gasteiger partial charge in [0.05, 0.1) is 5.92 Å². The maximum atomic E-state index is 10.9. The first kappa shape index (κ1) is 21.4. The summed E-state index contributed by atoms with van der Waals surface area (Å²) in [5.41, 5.74) is 1.15. The van der Waals surface area contributed by atoms with Crippen molar-refractivity contribution in [3.63, 3.8) is 0 Å². The Morgan fingerprint density at radius 3 is 2.14 bits per heavy atom. The molecule has 0 aliphatic rings. The van der Waals surface area contributed by atoms with Gasteiger partial charge < -0.3 is 9.53 Å². The number of allylic oxidation sites excluding steroid dienone is 2. The van der Waals surface area contributed by atoms with E-state index in [-0.39, 0.29) is 17.1 Å². The van der Waals surface area contributed by atoms with Gasteiger partial charge in [0, 0.05) is 6.10 Å². The predicted molar refractivity (Wildman–Crippen MR) is 96.7 cm³/mol. The van der Waals surface area contributed by atoms with Gasteiger partial charge in [0.25, 0.3) is 0 Å². The monoisotopic (exact) mass is 328 g/mol. The highest BCUT2D eigenvalue weighted by Crippen LogP contribution is 2.37. The lowest BCUT2D eigenvalue weighted by Crippen LogP contribution is -2.43. The van der Waals surface area contributed by atoms with Crippen LogP contribution in [0.25, 0.3) is 0 Å². The molecule has 0 heterocycles. The number of hydrogen-bond donors (Lipinski definition) is 1. The molecule has 3 atom stereocenters. The Labute approximate surface area is 138 Å². The molecule has 0 radical (unpaired) electrons. The molecule has 0 aliphatic heterocycles. The third kappa shape index (κ3) is 7.59. The van der Waals surface area contributed by atoms with Crippen LogP contribution in [0.5, 0.6) is 0 Å². The van der Waals surface area contributed by atoms with Gasteiger partial charge in [-0.15, -0.1) is 0 Å². The Morgan fingerprint density at radius 1 is 1.23 bits per heavy atom. The van der Waals surface area contributed by atoms with Gasteiger partial charge in [-0.05, 0) is 50.7 Å². The highest BCUT2D eigenvalue weighted by molar-refractivity contribution is 6.74. The first-order chi connectivity index (χ1) is 9.76. The van der Waals surface area contributed by atoms with Crippen molar-refractivity contribution in [3.8, 4) is 0 Å². The molecule has 0 bridgehead atoms. The van der Waals surface area contributed by atoms with Crippen molar-refractivity contribution in [2.75, 3.05) is 0 Å². The van der Waals surface area contributed by atoms with Crippen LogP contribution in [0.2, 0.25) is 18.1 Å². The highest BCUT2D eigenvalue weighted by atomic mass is 28.4. The number of aliphatic carboxylic acids is 1. The van der Waals surface area contributed by atoms with E-state index in [1.165, 1.54) is 0 Å². The zero-order valence-electron chi connectivity index (χ0n) is 16.0. The van der Waals surface area contributed by atoms with Crippen LogP contribution in [0, 0.1) is 11.8 Å². The summed E-state index contributed by atoms with van der Waals surface area (Å²) in [6.07, 6.45) is 4.03. The Hall–Kier alpha value is -0.613. The van der Waals surface area contributed by atoms with Crippen LogP contribution in [-0.2, 0) is 9.22 Å². The molecular formula is C18H36O3Si. The zero-order valence-corrected chi connectivity index (χ0v) is 17.0. The number of carboxylic acid groups (broad SMARTS) is 1. The summed E-state index contributed by atoms with van der Waals surface area (Å²) in [7, 11) is -1.71. The lowest BCUT2D eigenvalue weighted by Gasteiger charge is -2.38. The average molecular weight is 329 g/mol. The van der Waals surface area contributed by atoms with Crippen molar-refractivity contribution >= 4 is 14.3 Å². The van der Waals surface area contributed by atoms with E-state index in [0.29, 0.717) is 12.3 Å². The van der Waals surface area contributed by atoms with E-state index in [1.54, 1.807) is 6.92 Å². The van der Waals surface area contributed by atoms with Gasteiger partial charge in [-0.25, -0.2) is 0 Å². The molecule has 0 aromatic rings. The van der Waals surface area contributed by atoms with Crippen LogP contribution in [-0.4, -0.2) is 25.5 Å². The minimum absolute atomic E-state index is 0.229. The van der Waals surface area contributed by atoms with Crippen molar-refractivity contribution in [1.29, 1.82) is 0 Å². The van der Waals surface area contributed by atoms with Crippen molar-refractivity contribution in [2.24, 2.45) is 11.8 Å². The minimum Gasteiger partial charge on any atom is -0.481 e. The Bertz CT molecular complexity index is 394. The fraction of sp³-hybridized carbons (Fsp3) is 0.833. The molecule has 0 aliphatic carbocycles. The Kier molecular flexibility index (Phi) is 8.07. The molecule has 0 saturated carbocycles. The Balaban J connectivity index is 4.53. The van der Waals surface area contributed by atoms with Crippen LogP contribution in [0.1, 0.15) is 61.3 Å². The van der Waals surface area contributed by atoms with Crippen LogP contribution >= 0.6 is 0 Å². The summed E-state index contributed by atoms with van der Waals surface area (Å²) in [6.45, 7) is 19.4. The van der Waals surface area contributed by atoms with Crippen molar-refractivity contribution in [1.82, 2.24) is 0 Å². The summed E-state index contributed by atoms with van der Waals surface area (Å²) >= 11 is 0. The van der Waals surface area contributed by atoms with Gasteiger partial charge in [0.1, 0.15) is 0 Å². The van der Waals surface area contributed by atoms with E-state index in [0.717, 1.165) is 12.0 Å². The number of hydrogen-bond acceptors (Lipinski definition) is 2. The molecule has 130 valence electrons. The van der Waals surface area contributed by atoms with Gasteiger partial charge in [-0.2, -0.15) is 0 Å². The molecule has 0 unspecified atom stereocenters. The fourth-order valence-corrected chi connectivity index (χ4v) is 3.90. The summed E-state index contributed by atoms with van der Waals surface area (Å²) in [5, 5.41) is 9.20. The fourth-order valence-electron chi connectivity index (χ4n) is 2.44. The number of carbonyl (C=O) groups is 1. The lowest BCUT2D eigenvalue weighted by molar-refractivity contribution is -0.141. The second kappa shape index (κ2) is 8.30. The first-order valence-electron chi connectivity index (χ1n) is 8.34. The third-order valence-corrected chi connectivity index (χ3v) is 9.23. The van der Waals surface area contributed by atoms with Crippen LogP contribution < -0.4 is 0 Å². The van der Waals surface area contributed by atoms with Crippen molar-refractivity contribution in [3.05, 3.63) is 11.6 Å². The minimum atomic E-state index is -1.71. The maximum Gasteiger partial charge on any atom is 0.306 e. The second-order valence-corrected chi connectivity index (χ2v) is 13.1. The van der Waals surface area contributed by atoms with Crippen molar-refractivity contribution < 1.29 is 14.3 Å². The molecule has 1 N–H and O–H groups in total. The highest BCUT2D eigenvalue weighted by Gasteiger charge is 2.38. The molecule has 0 fully saturated rings. The van der Waals surface area contributed by atoms with Crippen molar-refractivity contribution in [2.45, 2.75) is 85.5 Å². The zero-order chi connectivity index (χ0) is 17.7. The van der Waals surface area contributed by atoms with Gasteiger partial charge in [-0.1, -0.05) is 46.3 Å². The average Bonchev–Trinajstić information content (AvgIpc) is 2.24. The molecule has 0 aromatic heterocycles. The smallest absolute Gasteiger partial charge is 0.306 e. The van der Waals surface area contributed by atoms with E-state index >= 15 is 0 Å². The van der Waals surface area contributed by atoms with E-state index in [1.807, 2.05) is 6.92 Å². The summed E-state index contributed by atoms with van der Waals surface area (Å²) < 4.78 is 6.39. The van der Waals surface area contributed by atoms with E-state index in [9.17, 15) is 4.79 Å². The van der Waals surface area contributed by atoms with Crippen LogP contribution in [0.15, 0.2) is 11.6 Å². The van der Waals surface area contributed by atoms with Gasteiger partial charge in [0.2, 0.25) is 0 Å². The standard InChI is InChI=1S/C18H36O3Si/c1-13(11-15(3)17(19)20)10-14(2)12-16(4)21-22(8,9)18(5,6)7/h10,14-16H,11-12H2,1-9H3,(H,19,20)/b13-10+/t14-,15-,16-/m0/s1. The molecule has 4 heteroatoms. The Morgan fingerprint density at radius 2 is 1.73 bits per heavy atom. The summed E-state index contributed by atoms with van der Waals surface area (Å²) in [5.74, 6) is -0.639. The molecule has 0 spiro atoms. The summed E-state index contributed by atoms with van der Waals surface area (Å²) in [4.78, 5) is 10.9.